The molecule has 0 bridgehead atoms. The van der Waals surface area contributed by atoms with Crippen LogP contribution in [0.25, 0.3) is 0 Å². The molecule has 1 aliphatic rings. The number of carbonyl (C=O) groups is 1. The summed E-state index contributed by atoms with van der Waals surface area (Å²) in [6.07, 6.45) is 1.47. The summed E-state index contributed by atoms with van der Waals surface area (Å²) in [6.45, 7) is 1.90. The molecule has 0 radical (unpaired) electrons. The van der Waals surface area contributed by atoms with Gasteiger partial charge in [0.05, 0.1) is 6.04 Å². The molecule has 0 unspecified atom stereocenters. The van der Waals surface area contributed by atoms with Crippen molar-refractivity contribution in [1.29, 1.82) is 0 Å². The molecule has 0 aromatic heterocycles. The highest BCUT2D eigenvalue weighted by Gasteiger charge is 2.29. The van der Waals surface area contributed by atoms with Gasteiger partial charge in [-0.15, -0.1) is 0 Å². The van der Waals surface area contributed by atoms with Crippen molar-refractivity contribution in [2.24, 2.45) is 0 Å². The zero-order valence-corrected chi connectivity index (χ0v) is 8.91. The van der Waals surface area contributed by atoms with E-state index in [0.717, 1.165) is 5.56 Å². The Labute approximate surface area is 93.8 Å². The first-order valence-corrected chi connectivity index (χ1v) is 5.07. The van der Waals surface area contributed by atoms with Crippen LogP contribution in [-0.4, -0.2) is 22.2 Å². The van der Waals surface area contributed by atoms with E-state index in [1.165, 1.54) is 17.4 Å². The summed E-state index contributed by atoms with van der Waals surface area (Å²) < 4.78 is 4.69. The van der Waals surface area contributed by atoms with Gasteiger partial charge in [-0.2, -0.15) is 0 Å². The smallest absolute Gasteiger partial charge is 0.296 e. The van der Waals surface area contributed by atoms with Crippen molar-refractivity contribution in [1.82, 2.24) is 4.90 Å². The lowest BCUT2D eigenvalue weighted by Crippen LogP contribution is -2.40. The van der Waals surface area contributed by atoms with Crippen LogP contribution in [0.5, 0.6) is 0 Å². The number of benzene rings is 1. The van der Waals surface area contributed by atoms with Gasteiger partial charge in [-0.3, -0.25) is 4.79 Å². The topological polar surface area (TPSA) is 49.8 Å². The number of carbonyl (C=O) groups excluding carboxylic acids is 1. The number of hydrogen-bond donors (Lipinski definition) is 1. The highest BCUT2D eigenvalue weighted by atomic mass is 16.6. The summed E-state index contributed by atoms with van der Waals surface area (Å²) in [4.78, 5) is 13.1. The van der Waals surface area contributed by atoms with Crippen LogP contribution >= 0.6 is 0 Å². The molecule has 1 aromatic rings. The highest BCUT2D eigenvalue weighted by molar-refractivity contribution is 5.81. The van der Waals surface area contributed by atoms with E-state index in [9.17, 15) is 9.90 Å². The van der Waals surface area contributed by atoms with E-state index in [2.05, 4.69) is 0 Å². The van der Waals surface area contributed by atoms with E-state index in [1.807, 2.05) is 37.3 Å². The van der Waals surface area contributed by atoms with Crippen molar-refractivity contribution in [2.45, 2.75) is 19.3 Å². The first-order valence-electron chi connectivity index (χ1n) is 5.07. The monoisotopic (exact) mass is 219 g/mol. The molecule has 0 aliphatic carbocycles. The Morgan fingerprint density at radius 2 is 2.06 bits per heavy atom. The van der Waals surface area contributed by atoms with Crippen molar-refractivity contribution < 1.29 is 14.6 Å². The van der Waals surface area contributed by atoms with E-state index < -0.39 is 12.2 Å². The molecule has 4 nitrogen and oxygen atoms in total. The molecule has 1 aromatic carbocycles. The van der Waals surface area contributed by atoms with Gasteiger partial charge in [0.15, 0.2) is 0 Å². The lowest BCUT2D eigenvalue weighted by molar-refractivity contribution is -0.163. The van der Waals surface area contributed by atoms with Gasteiger partial charge in [-0.1, -0.05) is 30.3 Å². The van der Waals surface area contributed by atoms with Gasteiger partial charge in [-0.25, -0.2) is 0 Å². The van der Waals surface area contributed by atoms with Crippen molar-refractivity contribution in [3.05, 3.63) is 48.4 Å². The van der Waals surface area contributed by atoms with E-state index in [0.29, 0.717) is 0 Å². The molecule has 1 amide bonds. The van der Waals surface area contributed by atoms with Gasteiger partial charge in [0, 0.05) is 6.20 Å². The molecule has 0 saturated heterocycles. The molecule has 0 spiro atoms. The Bertz CT molecular complexity index is 402. The Hall–Kier alpha value is -1.81. The van der Waals surface area contributed by atoms with E-state index in [-0.39, 0.29) is 6.04 Å². The SMILES string of the molecule is C[C@H](c1ccccc1)N1C=CO[C@H](O)C1=O. The average molecular weight is 219 g/mol. The van der Waals surface area contributed by atoms with E-state index in [4.69, 9.17) is 4.74 Å². The number of amides is 1. The molecule has 2 rings (SSSR count). The van der Waals surface area contributed by atoms with E-state index in [1.54, 1.807) is 0 Å². The first kappa shape index (κ1) is 10.7. The summed E-state index contributed by atoms with van der Waals surface area (Å²) in [6, 6.07) is 9.50. The maximum absolute atomic E-state index is 11.6. The lowest BCUT2D eigenvalue weighted by atomic mass is 10.1. The van der Waals surface area contributed by atoms with Crippen LogP contribution in [-0.2, 0) is 9.53 Å². The largest absolute Gasteiger partial charge is 0.462 e. The minimum Gasteiger partial charge on any atom is -0.462 e. The Morgan fingerprint density at radius 1 is 1.38 bits per heavy atom. The number of ether oxygens (including phenoxy) is 1. The molecule has 0 fully saturated rings. The van der Waals surface area contributed by atoms with E-state index >= 15 is 0 Å². The van der Waals surface area contributed by atoms with Gasteiger partial charge < -0.3 is 14.7 Å². The highest BCUT2D eigenvalue weighted by Crippen LogP contribution is 2.23. The summed E-state index contributed by atoms with van der Waals surface area (Å²) in [5.74, 6) is -0.446. The molecule has 84 valence electrons. The summed E-state index contributed by atoms with van der Waals surface area (Å²) in [5.41, 5.74) is 1.01. The van der Waals surface area contributed by atoms with Crippen LogP contribution in [0.1, 0.15) is 18.5 Å². The molecular weight excluding hydrogens is 206 g/mol. The number of aliphatic hydroxyl groups excluding tert-OH is 1. The second-order valence-corrected chi connectivity index (χ2v) is 3.61. The lowest BCUT2D eigenvalue weighted by Gasteiger charge is -2.30. The normalized spacial score (nSPS) is 21.8. The fourth-order valence-electron chi connectivity index (χ4n) is 1.65. The second-order valence-electron chi connectivity index (χ2n) is 3.61. The van der Waals surface area contributed by atoms with Crippen LogP contribution in [0.4, 0.5) is 0 Å². The quantitative estimate of drug-likeness (QED) is 0.817. The van der Waals surface area contributed by atoms with Gasteiger partial charge in [0.25, 0.3) is 12.2 Å². The molecular formula is C12H13NO3. The molecule has 0 saturated carbocycles. The number of hydrogen-bond acceptors (Lipinski definition) is 3. The van der Waals surface area contributed by atoms with Crippen molar-refractivity contribution in [2.75, 3.05) is 0 Å². The zero-order chi connectivity index (χ0) is 11.5. The van der Waals surface area contributed by atoms with Gasteiger partial charge in [0.2, 0.25) is 0 Å². The Morgan fingerprint density at radius 3 is 2.75 bits per heavy atom. The third-order valence-electron chi connectivity index (χ3n) is 2.59. The van der Waals surface area contributed by atoms with Crippen molar-refractivity contribution in [3.63, 3.8) is 0 Å². The molecule has 4 heteroatoms. The molecule has 1 heterocycles. The van der Waals surface area contributed by atoms with Crippen molar-refractivity contribution in [3.8, 4) is 0 Å². The first-order chi connectivity index (χ1) is 7.70. The van der Waals surface area contributed by atoms with Gasteiger partial charge >= 0.3 is 0 Å². The molecule has 1 N–H and O–H groups in total. The predicted molar refractivity (Wildman–Crippen MR) is 57.9 cm³/mol. The van der Waals surface area contributed by atoms with Crippen LogP contribution < -0.4 is 0 Å². The second kappa shape index (κ2) is 4.37. The zero-order valence-electron chi connectivity index (χ0n) is 8.91. The van der Waals surface area contributed by atoms with Crippen LogP contribution in [0, 0.1) is 0 Å². The fourth-order valence-corrected chi connectivity index (χ4v) is 1.65. The van der Waals surface area contributed by atoms with Gasteiger partial charge in [-0.05, 0) is 12.5 Å². The molecule has 1 aliphatic heterocycles. The Balaban J connectivity index is 2.22. The standard InChI is InChI=1S/C12H13NO3/c1-9(10-5-3-2-4-6-10)13-7-8-16-12(15)11(13)14/h2-9,12,15H,1H3/t9-,12+/m1/s1. The maximum Gasteiger partial charge on any atom is 0.296 e. The minimum atomic E-state index is -1.39. The fraction of sp³-hybridized carbons (Fsp3) is 0.250. The Kier molecular flexibility index (Phi) is 2.92. The predicted octanol–water partition coefficient (Wildman–Crippen LogP) is 1.40. The summed E-state index contributed by atoms with van der Waals surface area (Å²) in [7, 11) is 0. The third kappa shape index (κ3) is 1.92. The van der Waals surface area contributed by atoms with Gasteiger partial charge in [0.1, 0.15) is 6.26 Å². The summed E-state index contributed by atoms with van der Waals surface area (Å²) in [5, 5.41) is 9.28. The molecule has 16 heavy (non-hydrogen) atoms. The van der Waals surface area contributed by atoms with Crippen LogP contribution in [0.2, 0.25) is 0 Å². The number of nitrogens with zero attached hydrogens (tertiary/aromatic N) is 1. The third-order valence-corrected chi connectivity index (χ3v) is 2.59. The summed E-state index contributed by atoms with van der Waals surface area (Å²) >= 11 is 0. The number of rotatable bonds is 2. The minimum absolute atomic E-state index is 0.122. The van der Waals surface area contributed by atoms with Crippen LogP contribution in [0.3, 0.4) is 0 Å². The van der Waals surface area contributed by atoms with Crippen molar-refractivity contribution >= 4 is 5.91 Å². The van der Waals surface area contributed by atoms with Crippen LogP contribution in [0.15, 0.2) is 42.8 Å². The molecule has 2 atom stereocenters. The number of aliphatic hydroxyl groups is 1. The average Bonchev–Trinajstić information content (AvgIpc) is 2.33. The maximum atomic E-state index is 11.6.